The SMILES string of the molecule is CCS(=O)(=O)N1CCC(NCc2c(F)cccc2N2CCCC2)CC1. The summed E-state index contributed by atoms with van der Waals surface area (Å²) in [6, 6.07) is 5.53. The fourth-order valence-electron chi connectivity index (χ4n) is 3.74. The zero-order valence-corrected chi connectivity index (χ0v) is 15.7. The summed E-state index contributed by atoms with van der Waals surface area (Å²) in [4.78, 5) is 2.26. The Morgan fingerprint density at radius 2 is 1.84 bits per heavy atom. The van der Waals surface area contributed by atoms with Gasteiger partial charge in [-0.25, -0.2) is 17.1 Å². The summed E-state index contributed by atoms with van der Waals surface area (Å²) in [5, 5.41) is 3.44. The molecule has 0 bridgehead atoms. The number of hydrogen-bond donors (Lipinski definition) is 1. The highest BCUT2D eigenvalue weighted by molar-refractivity contribution is 7.89. The molecule has 2 fully saturated rings. The van der Waals surface area contributed by atoms with E-state index in [1.165, 1.54) is 6.07 Å². The van der Waals surface area contributed by atoms with Crippen LogP contribution in [0.2, 0.25) is 0 Å². The lowest BCUT2D eigenvalue weighted by Crippen LogP contribution is -2.45. The van der Waals surface area contributed by atoms with E-state index in [1.54, 1.807) is 17.3 Å². The summed E-state index contributed by atoms with van der Waals surface area (Å²) >= 11 is 0. The molecule has 0 spiro atoms. The van der Waals surface area contributed by atoms with Gasteiger partial charge in [0.15, 0.2) is 0 Å². The molecule has 1 aromatic rings. The Labute approximate surface area is 150 Å². The van der Waals surface area contributed by atoms with Crippen LogP contribution in [-0.2, 0) is 16.6 Å². The van der Waals surface area contributed by atoms with E-state index in [9.17, 15) is 12.8 Å². The predicted octanol–water partition coefficient (Wildman–Crippen LogP) is 2.33. The van der Waals surface area contributed by atoms with E-state index in [4.69, 9.17) is 0 Å². The quantitative estimate of drug-likeness (QED) is 0.836. The lowest BCUT2D eigenvalue weighted by molar-refractivity contribution is 0.288. The molecule has 0 atom stereocenters. The first-order valence-electron chi connectivity index (χ1n) is 9.25. The van der Waals surface area contributed by atoms with Gasteiger partial charge in [-0.05, 0) is 44.7 Å². The van der Waals surface area contributed by atoms with Crippen LogP contribution in [0.25, 0.3) is 0 Å². The van der Waals surface area contributed by atoms with Gasteiger partial charge >= 0.3 is 0 Å². The molecule has 2 aliphatic heterocycles. The number of benzene rings is 1. The van der Waals surface area contributed by atoms with Crippen LogP contribution >= 0.6 is 0 Å². The van der Waals surface area contributed by atoms with Crippen molar-refractivity contribution in [3.05, 3.63) is 29.6 Å². The minimum Gasteiger partial charge on any atom is -0.371 e. The van der Waals surface area contributed by atoms with E-state index in [1.807, 2.05) is 6.07 Å². The number of nitrogens with zero attached hydrogens (tertiary/aromatic N) is 2. The molecule has 5 nitrogen and oxygen atoms in total. The van der Waals surface area contributed by atoms with Crippen LogP contribution in [0, 0.1) is 5.82 Å². The Kier molecular flexibility index (Phi) is 5.96. The third-order valence-corrected chi connectivity index (χ3v) is 7.20. The average Bonchev–Trinajstić information content (AvgIpc) is 3.15. The van der Waals surface area contributed by atoms with E-state index in [2.05, 4.69) is 10.2 Å². The Morgan fingerprint density at radius 3 is 2.48 bits per heavy atom. The molecule has 0 aliphatic carbocycles. The maximum absolute atomic E-state index is 14.4. The van der Waals surface area contributed by atoms with Gasteiger partial charge in [0.2, 0.25) is 10.0 Å². The maximum Gasteiger partial charge on any atom is 0.213 e. The van der Waals surface area contributed by atoms with Gasteiger partial charge in [0, 0.05) is 50.0 Å². The van der Waals surface area contributed by atoms with Crippen molar-refractivity contribution < 1.29 is 12.8 Å². The van der Waals surface area contributed by atoms with E-state index in [0.29, 0.717) is 19.6 Å². The molecule has 2 aliphatic rings. The summed E-state index contributed by atoms with van der Waals surface area (Å²) in [6.45, 7) is 5.24. The largest absolute Gasteiger partial charge is 0.371 e. The molecule has 140 valence electrons. The molecular weight excluding hydrogens is 341 g/mol. The van der Waals surface area contributed by atoms with Crippen LogP contribution in [0.3, 0.4) is 0 Å². The molecule has 1 N–H and O–H groups in total. The minimum atomic E-state index is -3.10. The zero-order chi connectivity index (χ0) is 17.9. The van der Waals surface area contributed by atoms with Crippen LogP contribution < -0.4 is 10.2 Å². The molecule has 2 heterocycles. The van der Waals surface area contributed by atoms with E-state index < -0.39 is 10.0 Å². The van der Waals surface area contributed by atoms with Gasteiger partial charge in [-0.15, -0.1) is 0 Å². The first kappa shape index (κ1) is 18.6. The third-order valence-electron chi connectivity index (χ3n) is 5.32. The number of nitrogens with one attached hydrogen (secondary N) is 1. The fraction of sp³-hybridized carbons (Fsp3) is 0.667. The second-order valence-electron chi connectivity index (χ2n) is 6.89. The van der Waals surface area contributed by atoms with Crippen molar-refractivity contribution in [2.75, 3.05) is 36.8 Å². The summed E-state index contributed by atoms with van der Waals surface area (Å²) in [5.74, 6) is -0.0117. The zero-order valence-electron chi connectivity index (χ0n) is 14.9. The van der Waals surface area contributed by atoms with Crippen molar-refractivity contribution in [3.8, 4) is 0 Å². The van der Waals surface area contributed by atoms with Crippen molar-refractivity contribution >= 4 is 15.7 Å². The van der Waals surface area contributed by atoms with Gasteiger partial charge in [0.25, 0.3) is 0 Å². The van der Waals surface area contributed by atoms with Crippen molar-refractivity contribution in [1.29, 1.82) is 0 Å². The number of hydrogen-bond acceptors (Lipinski definition) is 4. The van der Waals surface area contributed by atoms with E-state index in [0.717, 1.165) is 50.0 Å². The molecular formula is C18H28FN3O2S. The first-order valence-corrected chi connectivity index (χ1v) is 10.9. The number of sulfonamides is 1. The van der Waals surface area contributed by atoms with Crippen LogP contribution in [-0.4, -0.2) is 50.7 Å². The molecule has 3 rings (SSSR count). The normalized spacial score (nSPS) is 20.3. The van der Waals surface area contributed by atoms with Gasteiger partial charge in [-0.3, -0.25) is 0 Å². The molecule has 0 unspecified atom stereocenters. The molecule has 2 saturated heterocycles. The number of rotatable bonds is 6. The Balaban J connectivity index is 1.60. The lowest BCUT2D eigenvalue weighted by atomic mass is 10.1. The van der Waals surface area contributed by atoms with Crippen LogP contribution in [0.15, 0.2) is 18.2 Å². The van der Waals surface area contributed by atoms with Crippen molar-refractivity contribution in [2.24, 2.45) is 0 Å². The molecule has 0 amide bonds. The van der Waals surface area contributed by atoms with Gasteiger partial charge < -0.3 is 10.2 Å². The highest BCUT2D eigenvalue weighted by atomic mass is 32.2. The predicted molar refractivity (Wildman–Crippen MR) is 98.7 cm³/mol. The van der Waals surface area contributed by atoms with Crippen molar-refractivity contribution in [2.45, 2.75) is 45.2 Å². The van der Waals surface area contributed by atoms with Gasteiger partial charge in [0.1, 0.15) is 5.82 Å². The monoisotopic (exact) mass is 369 g/mol. The summed E-state index contributed by atoms with van der Waals surface area (Å²) < 4.78 is 39.8. The highest BCUT2D eigenvalue weighted by Crippen LogP contribution is 2.27. The van der Waals surface area contributed by atoms with Crippen molar-refractivity contribution in [1.82, 2.24) is 9.62 Å². The van der Waals surface area contributed by atoms with Crippen molar-refractivity contribution in [3.63, 3.8) is 0 Å². The number of halogens is 1. The summed E-state index contributed by atoms with van der Waals surface area (Å²) in [7, 11) is -3.10. The smallest absolute Gasteiger partial charge is 0.213 e. The van der Waals surface area contributed by atoms with Crippen LogP contribution in [0.4, 0.5) is 10.1 Å². The van der Waals surface area contributed by atoms with Gasteiger partial charge in [0.05, 0.1) is 5.75 Å². The molecule has 0 saturated carbocycles. The fourth-order valence-corrected chi connectivity index (χ4v) is 4.88. The first-order chi connectivity index (χ1) is 12.0. The standard InChI is InChI=1S/C18H28FN3O2S/c1-2-25(23,24)22-12-8-15(9-13-22)20-14-16-17(19)6-5-7-18(16)21-10-3-4-11-21/h5-7,15,20H,2-4,8-14H2,1H3. The van der Waals surface area contributed by atoms with Gasteiger partial charge in [-0.2, -0.15) is 0 Å². The van der Waals surface area contributed by atoms with Crippen LogP contribution in [0.5, 0.6) is 0 Å². The van der Waals surface area contributed by atoms with E-state index >= 15 is 0 Å². The maximum atomic E-state index is 14.4. The molecule has 7 heteroatoms. The summed E-state index contributed by atoms with van der Waals surface area (Å²) in [6.07, 6.45) is 3.86. The molecule has 0 radical (unpaired) electrons. The Morgan fingerprint density at radius 1 is 1.16 bits per heavy atom. The Hall–Kier alpha value is -1.18. The number of anilines is 1. The second kappa shape index (κ2) is 8.01. The minimum absolute atomic E-state index is 0.152. The van der Waals surface area contributed by atoms with Crippen LogP contribution in [0.1, 0.15) is 38.2 Å². The summed E-state index contributed by atoms with van der Waals surface area (Å²) in [5.41, 5.74) is 1.73. The van der Waals surface area contributed by atoms with E-state index in [-0.39, 0.29) is 17.6 Å². The molecule has 0 aromatic heterocycles. The molecule has 25 heavy (non-hydrogen) atoms. The molecule has 1 aromatic carbocycles. The Bertz CT molecular complexity index is 682. The van der Waals surface area contributed by atoms with Gasteiger partial charge in [-0.1, -0.05) is 6.07 Å². The topological polar surface area (TPSA) is 52.7 Å². The average molecular weight is 370 g/mol. The third kappa shape index (κ3) is 4.33. The number of piperidine rings is 1. The lowest BCUT2D eigenvalue weighted by Gasteiger charge is -2.32. The second-order valence-corrected chi connectivity index (χ2v) is 9.14. The highest BCUT2D eigenvalue weighted by Gasteiger charge is 2.27.